The zero-order valence-electron chi connectivity index (χ0n) is 20.9. The second-order valence-electron chi connectivity index (χ2n) is 9.10. The van der Waals surface area contributed by atoms with E-state index in [0.717, 1.165) is 35.6 Å². The Labute approximate surface area is 218 Å². The number of hydrogen-bond donors (Lipinski definition) is 1. The molecular formula is C26H34ClN3O5S. The Morgan fingerprint density at radius 3 is 2.25 bits per heavy atom. The van der Waals surface area contributed by atoms with Crippen LogP contribution in [-0.4, -0.2) is 62.2 Å². The first-order valence-electron chi connectivity index (χ1n) is 12.1. The molecule has 1 N–H and O–H groups in total. The molecule has 0 heterocycles. The smallest absolute Gasteiger partial charge is 0.243 e. The van der Waals surface area contributed by atoms with Crippen molar-refractivity contribution in [3.63, 3.8) is 0 Å². The average molecular weight is 536 g/mol. The van der Waals surface area contributed by atoms with E-state index in [-0.39, 0.29) is 23.4 Å². The van der Waals surface area contributed by atoms with Crippen LogP contribution in [0.1, 0.15) is 44.6 Å². The fourth-order valence-corrected chi connectivity index (χ4v) is 5.48. The summed E-state index contributed by atoms with van der Waals surface area (Å²) in [6.45, 7) is 1.41. The molecule has 3 rings (SSSR count). The summed E-state index contributed by atoms with van der Waals surface area (Å²) in [7, 11) is -1.01. The van der Waals surface area contributed by atoms with Crippen LogP contribution in [0.4, 0.5) is 0 Å². The molecule has 2 aromatic carbocycles. The van der Waals surface area contributed by atoms with Gasteiger partial charge in [-0.3, -0.25) is 9.59 Å². The molecular weight excluding hydrogens is 502 g/mol. The molecule has 2 aromatic rings. The van der Waals surface area contributed by atoms with Crippen molar-refractivity contribution in [3.05, 3.63) is 59.1 Å². The van der Waals surface area contributed by atoms with Gasteiger partial charge in [-0.2, -0.15) is 4.31 Å². The van der Waals surface area contributed by atoms with E-state index in [1.165, 1.54) is 42.6 Å². The summed E-state index contributed by atoms with van der Waals surface area (Å²) in [5, 5.41) is 3.49. The number of rotatable bonds is 10. The van der Waals surface area contributed by atoms with Crippen LogP contribution in [0.15, 0.2) is 53.4 Å². The Bertz CT molecular complexity index is 1130. The third kappa shape index (κ3) is 7.21. The lowest BCUT2D eigenvalue weighted by molar-refractivity contribution is -0.141. The molecule has 36 heavy (non-hydrogen) atoms. The number of carbonyl (C=O) groups excluding carboxylic acids is 2. The molecule has 1 atom stereocenters. The van der Waals surface area contributed by atoms with E-state index < -0.39 is 28.5 Å². The summed E-state index contributed by atoms with van der Waals surface area (Å²) >= 11 is 5.88. The molecule has 10 heteroatoms. The van der Waals surface area contributed by atoms with Gasteiger partial charge in [0.1, 0.15) is 11.8 Å². The SMILES string of the molecule is COc1ccc(CN(C(=O)CN(C)S(=O)(=O)c2ccc(Cl)cc2)[C@@H](C)C(=O)NC2CCCCC2)cc1. The van der Waals surface area contributed by atoms with E-state index >= 15 is 0 Å². The van der Waals surface area contributed by atoms with Crippen molar-refractivity contribution in [1.82, 2.24) is 14.5 Å². The Morgan fingerprint density at radius 1 is 1.06 bits per heavy atom. The maximum Gasteiger partial charge on any atom is 0.243 e. The minimum Gasteiger partial charge on any atom is -0.497 e. The van der Waals surface area contributed by atoms with Gasteiger partial charge >= 0.3 is 0 Å². The molecule has 0 aliphatic heterocycles. The van der Waals surface area contributed by atoms with E-state index in [0.29, 0.717) is 10.8 Å². The number of amides is 2. The van der Waals surface area contributed by atoms with Gasteiger partial charge in [0, 0.05) is 24.7 Å². The number of ether oxygens (including phenoxy) is 1. The lowest BCUT2D eigenvalue weighted by Crippen LogP contribution is -2.52. The average Bonchev–Trinajstić information content (AvgIpc) is 2.88. The van der Waals surface area contributed by atoms with Crippen LogP contribution in [0.5, 0.6) is 5.75 Å². The van der Waals surface area contributed by atoms with Crippen LogP contribution in [-0.2, 0) is 26.2 Å². The Hall–Kier alpha value is -2.62. The summed E-state index contributed by atoms with van der Waals surface area (Å²) in [5.74, 6) is -0.0439. The highest BCUT2D eigenvalue weighted by Crippen LogP contribution is 2.21. The minimum absolute atomic E-state index is 0.0343. The second kappa shape index (κ2) is 12.6. The van der Waals surface area contributed by atoms with Gasteiger partial charge in [0.2, 0.25) is 21.8 Å². The molecule has 0 aromatic heterocycles. The van der Waals surface area contributed by atoms with Crippen molar-refractivity contribution in [1.29, 1.82) is 0 Å². The van der Waals surface area contributed by atoms with Crippen molar-refractivity contribution in [3.8, 4) is 5.75 Å². The quantitative estimate of drug-likeness (QED) is 0.499. The van der Waals surface area contributed by atoms with Gasteiger partial charge in [-0.15, -0.1) is 0 Å². The standard InChI is InChI=1S/C26H34ClN3O5S/c1-19(26(32)28-22-7-5-4-6-8-22)30(17-20-9-13-23(35-3)14-10-20)25(31)18-29(2)36(33,34)24-15-11-21(27)12-16-24/h9-16,19,22H,4-8,17-18H2,1-3H3,(H,28,32)/t19-/m0/s1. The summed E-state index contributed by atoms with van der Waals surface area (Å²) in [4.78, 5) is 28.0. The second-order valence-corrected chi connectivity index (χ2v) is 11.6. The first kappa shape index (κ1) is 28.0. The van der Waals surface area contributed by atoms with Gasteiger partial charge in [0.15, 0.2) is 0 Å². The Kier molecular flexibility index (Phi) is 9.76. The largest absolute Gasteiger partial charge is 0.497 e. The highest BCUT2D eigenvalue weighted by Gasteiger charge is 2.31. The minimum atomic E-state index is -3.92. The highest BCUT2D eigenvalue weighted by atomic mass is 35.5. The molecule has 0 bridgehead atoms. The summed E-state index contributed by atoms with van der Waals surface area (Å²) in [6, 6.07) is 12.3. The van der Waals surface area contributed by atoms with Gasteiger partial charge in [0.05, 0.1) is 18.6 Å². The third-order valence-corrected chi connectivity index (χ3v) is 8.58. The fourth-order valence-electron chi connectivity index (χ4n) is 4.23. The molecule has 0 saturated heterocycles. The van der Waals surface area contributed by atoms with Crippen LogP contribution in [0.2, 0.25) is 5.02 Å². The van der Waals surface area contributed by atoms with Crippen molar-refractivity contribution in [2.75, 3.05) is 20.7 Å². The van der Waals surface area contributed by atoms with Crippen molar-refractivity contribution in [2.24, 2.45) is 0 Å². The molecule has 196 valence electrons. The van der Waals surface area contributed by atoms with Crippen LogP contribution in [0.25, 0.3) is 0 Å². The molecule has 1 aliphatic carbocycles. The number of hydrogen-bond acceptors (Lipinski definition) is 5. The van der Waals surface area contributed by atoms with Crippen LogP contribution in [0, 0.1) is 0 Å². The first-order chi connectivity index (χ1) is 17.1. The zero-order valence-corrected chi connectivity index (χ0v) is 22.5. The molecule has 1 saturated carbocycles. The highest BCUT2D eigenvalue weighted by molar-refractivity contribution is 7.89. The van der Waals surface area contributed by atoms with Crippen molar-refractivity contribution < 1.29 is 22.7 Å². The Morgan fingerprint density at radius 2 is 1.67 bits per heavy atom. The summed E-state index contributed by atoms with van der Waals surface area (Å²) in [6.07, 6.45) is 5.15. The number of methoxy groups -OCH3 is 1. The maximum absolute atomic E-state index is 13.4. The first-order valence-corrected chi connectivity index (χ1v) is 13.9. The zero-order chi connectivity index (χ0) is 26.3. The van der Waals surface area contributed by atoms with Gasteiger partial charge in [-0.25, -0.2) is 8.42 Å². The summed E-state index contributed by atoms with van der Waals surface area (Å²) < 4.78 is 32.2. The predicted molar refractivity (Wildman–Crippen MR) is 139 cm³/mol. The van der Waals surface area contributed by atoms with E-state index in [2.05, 4.69) is 5.32 Å². The van der Waals surface area contributed by atoms with Crippen molar-refractivity contribution in [2.45, 2.75) is 62.6 Å². The molecule has 0 spiro atoms. The lowest BCUT2D eigenvalue weighted by atomic mass is 9.95. The summed E-state index contributed by atoms with van der Waals surface area (Å²) in [5.41, 5.74) is 0.796. The number of benzene rings is 2. The molecule has 1 aliphatic rings. The maximum atomic E-state index is 13.4. The van der Waals surface area contributed by atoms with E-state index in [9.17, 15) is 18.0 Å². The lowest BCUT2D eigenvalue weighted by Gasteiger charge is -2.32. The number of sulfonamides is 1. The molecule has 2 amide bonds. The van der Waals surface area contributed by atoms with E-state index in [1.54, 1.807) is 26.2 Å². The van der Waals surface area contributed by atoms with Crippen molar-refractivity contribution >= 4 is 33.4 Å². The van der Waals surface area contributed by atoms with Crippen LogP contribution >= 0.6 is 11.6 Å². The number of halogens is 1. The van der Waals surface area contributed by atoms with Gasteiger partial charge in [-0.05, 0) is 61.7 Å². The van der Waals surface area contributed by atoms with E-state index in [4.69, 9.17) is 16.3 Å². The molecule has 0 unspecified atom stereocenters. The molecule has 0 radical (unpaired) electrons. The fraction of sp³-hybridized carbons (Fsp3) is 0.462. The van der Waals surface area contributed by atoms with Gasteiger partial charge < -0.3 is 15.0 Å². The number of nitrogens with one attached hydrogen (secondary N) is 1. The number of likely N-dealkylation sites (N-methyl/N-ethyl adjacent to an activating group) is 1. The van der Waals surface area contributed by atoms with Gasteiger partial charge in [0.25, 0.3) is 0 Å². The molecule has 8 nitrogen and oxygen atoms in total. The van der Waals surface area contributed by atoms with E-state index in [1.807, 2.05) is 12.1 Å². The normalized spacial score (nSPS) is 15.4. The Balaban J connectivity index is 1.79. The monoisotopic (exact) mass is 535 g/mol. The van der Waals surface area contributed by atoms with Gasteiger partial charge in [-0.1, -0.05) is 43.0 Å². The number of nitrogens with zero attached hydrogens (tertiary/aromatic N) is 2. The molecule has 1 fully saturated rings. The topological polar surface area (TPSA) is 96.0 Å². The number of carbonyl (C=O) groups is 2. The van der Waals surface area contributed by atoms with Crippen LogP contribution < -0.4 is 10.1 Å². The van der Waals surface area contributed by atoms with Crippen LogP contribution in [0.3, 0.4) is 0 Å². The third-order valence-electron chi connectivity index (χ3n) is 6.51. The predicted octanol–water partition coefficient (Wildman–Crippen LogP) is 3.84.